The lowest BCUT2D eigenvalue weighted by Gasteiger charge is -2.06. The first-order valence-corrected chi connectivity index (χ1v) is 5.36. The van der Waals surface area contributed by atoms with Gasteiger partial charge in [-0.2, -0.15) is 0 Å². The Bertz CT molecular complexity index is 558. The lowest BCUT2D eigenvalue weighted by Crippen LogP contribution is -2.11. The van der Waals surface area contributed by atoms with Crippen LogP contribution in [0.3, 0.4) is 0 Å². The first-order chi connectivity index (χ1) is 7.70. The molecule has 3 nitrogen and oxygen atoms in total. The van der Waals surface area contributed by atoms with E-state index in [9.17, 15) is 4.79 Å². The summed E-state index contributed by atoms with van der Waals surface area (Å²) in [6.07, 6.45) is 2.59. The highest BCUT2D eigenvalue weighted by atomic mass is 16.1. The fourth-order valence-electron chi connectivity index (χ4n) is 1.70. The highest BCUT2D eigenvalue weighted by Gasteiger charge is 2.03. The molecule has 82 valence electrons. The second-order valence-electron chi connectivity index (χ2n) is 3.80. The van der Waals surface area contributed by atoms with Gasteiger partial charge in [0.1, 0.15) is 0 Å². The van der Waals surface area contributed by atoms with Gasteiger partial charge in [0.2, 0.25) is 0 Å². The molecule has 0 saturated carbocycles. The van der Waals surface area contributed by atoms with Crippen LogP contribution in [0.25, 0.3) is 11.3 Å². The highest BCUT2D eigenvalue weighted by Crippen LogP contribution is 2.20. The van der Waals surface area contributed by atoms with Gasteiger partial charge < -0.3 is 4.98 Å². The summed E-state index contributed by atoms with van der Waals surface area (Å²) >= 11 is 0. The minimum atomic E-state index is -0.303. The highest BCUT2D eigenvalue weighted by molar-refractivity contribution is 5.62. The van der Waals surface area contributed by atoms with Gasteiger partial charge in [-0.3, -0.25) is 0 Å². The molecule has 2 aromatic rings. The van der Waals surface area contributed by atoms with E-state index in [-0.39, 0.29) is 5.69 Å². The number of benzene rings is 1. The van der Waals surface area contributed by atoms with Crippen LogP contribution in [0.2, 0.25) is 0 Å². The zero-order valence-corrected chi connectivity index (χ0v) is 9.45. The maximum absolute atomic E-state index is 11.2. The number of aromatic nitrogens is 2. The molecule has 0 aliphatic carbocycles. The zero-order valence-electron chi connectivity index (χ0n) is 9.45. The predicted octanol–water partition coefficient (Wildman–Crippen LogP) is 2.31. The first-order valence-electron chi connectivity index (χ1n) is 5.36. The Morgan fingerprint density at radius 3 is 2.94 bits per heavy atom. The first kappa shape index (κ1) is 10.6. The topological polar surface area (TPSA) is 45.8 Å². The smallest absolute Gasteiger partial charge is 0.305 e. The molecule has 0 atom stereocenters. The molecular weight excluding hydrogens is 200 g/mol. The molecule has 1 aromatic carbocycles. The van der Waals surface area contributed by atoms with E-state index in [1.54, 1.807) is 6.20 Å². The molecule has 0 fully saturated rings. The quantitative estimate of drug-likeness (QED) is 0.833. The normalized spacial score (nSPS) is 10.4. The standard InChI is InChI=1S/C13H14N2O/c1-3-10-5-4-6-11(7-10)12-9(2)8-14-13(16)15-12/h4-8H,3H2,1-2H3,(H,14,15,16). The summed E-state index contributed by atoms with van der Waals surface area (Å²) in [7, 11) is 0. The molecule has 1 heterocycles. The molecule has 0 bridgehead atoms. The summed E-state index contributed by atoms with van der Waals surface area (Å²) in [4.78, 5) is 17.7. The Morgan fingerprint density at radius 2 is 2.19 bits per heavy atom. The molecule has 0 saturated heterocycles. The van der Waals surface area contributed by atoms with Crippen molar-refractivity contribution in [2.75, 3.05) is 0 Å². The molecule has 0 unspecified atom stereocenters. The van der Waals surface area contributed by atoms with E-state index in [1.807, 2.05) is 19.1 Å². The fourth-order valence-corrected chi connectivity index (χ4v) is 1.70. The van der Waals surface area contributed by atoms with Crippen molar-refractivity contribution in [3.05, 3.63) is 52.1 Å². The number of aromatic amines is 1. The van der Waals surface area contributed by atoms with Gasteiger partial charge in [0, 0.05) is 6.20 Å². The third-order valence-corrected chi connectivity index (χ3v) is 2.63. The summed E-state index contributed by atoms with van der Waals surface area (Å²) in [5, 5.41) is 0. The minimum absolute atomic E-state index is 0.303. The molecule has 0 amide bonds. The maximum atomic E-state index is 11.2. The summed E-state index contributed by atoms with van der Waals surface area (Å²) in [6.45, 7) is 4.05. The largest absolute Gasteiger partial charge is 0.345 e. The van der Waals surface area contributed by atoms with Crippen molar-refractivity contribution < 1.29 is 0 Å². The number of aryl methyl sites for hydroxylation is 2. The average Bonchev–Trinajstić information content (AvgIpc) is 2.32. The Kier molecular flexibility index (Phi) is 2.86. The molecule has 0 radical (unpaired) electrons. The Balaban J connectivity index is 2.57. The Labute approximate surface area is 94.2 Å². The van der Waals surface area contributed by atoms with E-state index in [4.69, 9.17) is 0 Å². The SMILES string of the molecule is CCc1cccc(-c2[nH]c(=O)ncc2C)c1. The third kappa shape index (κ3) is 2.03. The number of hydrogen-bond acceptors (Lipinski definition) is 2. The molecular formula is C13H14N2O. The molecule has 3 heteroatoms. The lowest BCUT2D eigenvalue weighted by atomic mass is 10.0. The van der Waals surface area contributed by atoms with Crippen LogP contribution in [0.1, 0.15) is 18.1 Å². The van der Waals surface area contributed by atoms with Crippen molar-refractivity contribution >= 4 is 0 Å². The van der Waals surface area contributed by atoms with E-state index in [1.165, 1.54) is 5.56 Å². The van der Waals surface area contributed by atoms with E-state index in [2.05, 4.69) is 29.0 Å². The van der Waals surface area contributed by atoms with Crippen molar-refractivity contribution in [2.45, 2.75) is 20.3 Å². The second kappa shape index (κ2) is 4.31. The summed E-state index contributed by atoms with van der Waals surface area (Å²) in [5.41, 5.74) is 3.83. The molecule has 16 heavy (non-hydrogen) atoms. The van der Waals surface area contributed by atoms with Gasteiger partial charge in [-0.1, -0.05) is 25.1 Å². The van der Waals surface area contributed by atoms with Crippen molar-refractivity contribution in [3.63, 3.8) is 0 Å². The van der Waals surface area contributed by atoms with Crippen molar-refractivity contribution in [2.24, 2.45) is 0 Å². The van der Waals surface area contributed by atoms with E-state index < -0.39 is 0 Å². The van der Waals surface area contributed by atoms with Crippen LogP contribution in [-0.2, 0) is 6.42 Å². The van der Waals surface area contributed by atoms with Crippen molar-refractivity contribution in [3.8, 4) is 11.3 Å². The zero-order chi connectivity index (χ0) is 11.5. The number of nitrogens with zero attached hydrogens (tertiary/aromatic N) is 1. The van der Waals surface area contributed by atoms with Gasteiger partial charge in [-0.25, -0.2) is 9.78 Å². The summed E-state index contributed by atoms with van der Waals surface area (Å²) < 4.78 is 0. The van der Waals surface area contributed by atoms with Gasteiger partial charge in [0.15, 0.2) is 0 Å². The number of hydrogen-bond donors (Lipinski definition) is 1. The van der Waals surface area contributed by atoms with Crippen LogP contribution >= 0.6 is 0 Å². The van der Waals surface area contributed by atoms with E-state index in [0.717, 1.165) is 23.2 Å². The lowest BCUT2D eigenvalue weighted by molar-refractivity contribution is 1.05. The monoisotopic (exact) mass is 214 g/mol. The van der Waals surface area contributed by atoms with Crippen LogP contribution in [0, 0.1) is 6.92 Å². The van der Waals surface area contributed by atoms with E-state index >= 15 is 0 Å². The maximum Gasteiger partial charge on any atom is 0.345 e. The van der Waals surface area contributed by atoms with Gasteiger partial charge in [-0.05, 0) is 36.1 Å². The van der Waals surface area contributed by atoms with Gasteiger partial charge >= 0.3 is 5.69 Å². The summed E-state index contributed by atoms with van der Waals surface area (Å²) in [5.74, 6) is 0. The number of rotatable bonds is 2. The molecule has 1 aromatic heterocycles. The minimum Gasteiger partial charge on any atom is -0.305 e. The average molecular weight is 214 g/mol. The third-order valence-electron chi connectivity index (χ3n) is 2.63. The van der Waals surface area contributed by atoms with Crippen molar-refractivity contribution in [1.82, 2.24) is 9.97 Å². The van der Waals surface area contributed by atoms with Crippen LogP contribution in [0.5, 0.6) is 0 Å². The fraction of sp³-hybridized carbons (Fsp3) is 0.231. The number of H-pyrrole nitrogens is 1. The molecule has 2 rings (SSSR count). The predicted molar refractivity (Wildman–Crippen MR) is 64.4 cm³/mol. The van der Waals surface area contributed by atoms with E-state index in [0.29, 0.717) is 0 Å². The van der Waals surface area contributed by atoms with Crippen LogP contribution < -0.4 is 5.69 Å². The molecule has 0 aliphatic heterocycles. The van der Waals surface area contributed by atoms with Gasteiger partial charge in [-0.15, -0.1) is 0 Å². The number of nitrogens with one attached hydrogen (secondary N) is 1. The van der Waals surface area contributed by atoms with Crippen LogP contribution in [0.4, 0.5) is 0 Å². The Morgan fingerprint density at radius 1 is 1.38 bits per heavy atom. The van der Waals surface area contributed by atoms with Crippen LogP contribution in [-0.4, -0.2) is 9.97 Å². The molecule has 1 N–H and O–H groups in total. The summed E-state index contributed by atoms with van der Waals surface area (Å²) in [6, 6.07) is 8.18. The second-order valence-corrected chi connectivity index (χ2v) is 3.80. The van der Waals surface area contributed by atoms with Gasteiger partial charge in [0.05, 0.1) is 5.69 Å². The Hall–Kier alpha value is -1.90. The van der Waals surface area contributed by atoms with Gasteiger partial charge in [0.25, 0.3) is 0 Å². The molecule has 0 aliphatic rings. The van der Waals surface area contributed by atoms with Crippen LogP contribution in [0.15, 0.2) is 35.3 Å². The molecule has 0 spiro atoms. The van der Waals surface area contributed by atoms with Crippen molar-refractivity contribution in [1.29, 1.82) is 0 Å².